The van der Waals surface area contributed by atoms with Gasteiger partial charge in [0.05, 0.1) is 0 Å². The minimum absolute atomic E-state index is 0.161. The Labute approximate surface area is 200 Å². The Hall–Kier alpha value is -3.44. The summed E-state index contributed by atoms with van der Waals surface area (Å²) >= 11 is 3.56. The van der Waals surface area contributed by atoms with Crippen LogP contribution in [0, 0.1) is 0 Å². The SMILES string of the molecule is CC[C@H](C)c1ccc2oc(-c3cccc(NC(=O)c4cccc5c(Br)cccc45)c3)nc2c1. The number of hydrogen-bond acceptors (Lipinski definition) is 3. The van der Waals surface area contributed by atoms with Crippen molar-refractivity contribution in [1.29, 1.82) is 0 Å². The number of rotatable bonds is 5. The molecule has 0 radical (unpaired) electrons. The average molecular weight is 499 g/mol. The lowest BCUT2D eigenvalue weighted by molar-refractivity contribution is 0.102. The second-order valence-corrected chi connectivity index (χ2v) is 9.09. The van der Waals surface area contributed by atoms with Gasteiger partial charge in [0.1, 0.15) is 5.52 Å². The molecule has 1 amide bonds. The molecule has 1 atom stereocenters. The molecule has 5 heteroatoms. The molecule has 1 heterocycles. The van der Waals surface area contributed by atoms with Crippen LogP contribution < -0.4 is 5.32 Å². The number of halogens is 1. The highest BCUT2D eigenvalue weighted by atomic mass is 79.9. The van der Waals surface area contributed by atoms with Crippen LogP contribution in [-0.4, -0.2) is 10.9 Å². The molecular formula is C28H23BrN2O2. The Morgan fingerprint density at radius 3 is 2.64 bits per heavy atom. The van der Waals surface area contributed by atoms with Crippen molar-refractivity contribution in [2.24, 2.45) is 0 Å². The Morgan fingerprint density at radius 2 is 1.79 bits per heavy atom. The Bertz CT molecular complexity index is 1490. The van der Waals surface area contributed by atoms with E-state index in [2.05, 4.69) is 47.2 Å². The zero-order valence-corrected chi connectivity index (χ0v) is 20.0. The van der Waals surface area contributed by atoms with Gasteiger partial charge in [-0.05, 0) is 71.1 Å². The van der Waals surface area contributed by atoms with E-state index in [1.807, 2.05) is 66.7 Å². The molecule has 4 nitrogen and oxygen atoms in total. The van der Waals surface area contributed by atoms with E-state index in [9.17, 15) is 4.79 Å². The highest BCUT2D eigenvalue weighted by Crippen LogP contribution is 2.30. The standard InChI is InChI=1S/C28H23BrN2O2/c1-3-17(2)18-13-14-26-25(16-18)31-28(33-26)19-7-4-8-20(15-19)30-27(32)23-11-5-10-22-21(23)9-6-12-24(22)29/h4-17H,3H2,1-2H3,(H,30,32)/t17-/m0/s1. The average Bonchev–Trinajstić information content (AvgIpc) is 3.27. The van der Waals surface area contributed by atoms with E-state index in [4.69, 9.17) is 9.40 Å². The summed E-state index contributed by atoms with van der Waals surface area (Å²) in [7, 11) is 0. The van der Waals surface area contributed by atoms with Crippen LogP contribution in [-0.2, 0) is 0 Å². The van der Waals surface area contributed by atoms with Crippen molar-refractivity contribution in [3.05, 3.63) is 94.5 Å². The Balaban J connectivity index is 1.44. The highest BCUT2D eigenvalue weighted by molar-refractivity contribution is 9.10. The van der Waals surface area contributed by atoms with Crippen LogP contribution in [0.5, 0.6) is 0 Å². The van der Waals surface area contributed by atoms with Crippen LogP contribution in [0.2, 0.25) is 0 Å². The number of nitrogens with one attached hydrogen (secondary N) is 1. The van der Waals surface area contributed by atoms with Gasteiger partial charge in [0, 0.05) is 21.3 Å². The number of hydrogen-bond donors (Lipinski definition) is 1. The van der Waals surface area contributed by atoms with E-state index in [0.29, 0.717) is 23.1 Å². The molecule has 0 aliphatic carbocycles. The maximum atomic E-state index is 13.1. The number of aromatic nitrogens is 1. The third kappa shape index (κ3) is 4.16. The maximum absolute atomic E-state index is 13.1. The highest BCUT2D eigenvalue weighted by Gasteiger charge is 2.14. The van der Waals surface area contributed by atoms with Crippen LogP contribution in [0.4, 0.5) is 5.69 Å². The summed E-state index contributed by atoms with van der Waals surface area (Å²) in [4.78, 5) is 17.8. The molecule has 1 N–H and O–H groups in total. The van der Waals surface area contributed by atoms with Gasteiger partial charge in [0.15, 0.2) is 5.58 Å². The Kier molecular flexibility index (Phi) is 5.73. The molecule has 0 unspecified atom stereocenters. The summed E-state index contributed by atoms with van der Waals surface area (Å²) in [5, 5.41) is 4.92. The number of oxazole rings is 1. The van der Waals surface area contributed by atoms with Gasteiger partial charge in [0.25, 0.3) is 5.91 Å². The molecule has 0 spiro atoms. The van der Waals surface area contributed by atoms with Crippen molar-refractivity contribution in [3.63, 3.8) is 0 Å². The van der Waals surface area contributed by atoms with Gasteiger partial charge in [-0.3, -0.25) is 4.79 Å². The first-order valence-electron chi connectivity index (χ1n) is 11.0. The molecule has 1 aromatic heterocycles. The van der Waals surface area contributed by atoms with Gasteiger partial charge >= 0.3 is 0 Å². The van der Waals surface area contributed by atoms with Gasteiger partial charge in [-0.25, -0.2) is 4.98 Å². The number of nitrogens with zero attached hydrogens (tertiary/aromatic N) is 1. The van der Waals surface area contributed by atoms with E-state index >= 15 is 0 Å². The van der Waals surface area contributed by atoms with Gasteiger partial charge in [-0.15, -0.1) is 0 Å². The topological polar surface area (TPSA) is 55.1 Å². The normalized spacial score (nSPS) is 12.2. The molecule has 0 bridgehead atoms. The zero-order chi connectivity index (χ0) is 22.9. The first-order chi connectivity index (χ1) is 16.0. The van der Waals surface area contributed by atoms with Gasteiger partial charge in [0.2, 0.25) is 5.89 Å². The second kappa shape index (κ2) is 8.83. The number of carbonyl (C=O) groups is 1. The van der Waals surface area contributed by atoms with Crippen LogP contribution in [0.25, 0.3) is 33.3 Å². The second-order valence-electron chi connectivity index (χ2n) is 8.23. The maximum Gasteiger partial charge on any atom is 0.256 e. The molecule has 4 aromatic carbocycles. The summed E-state index contributed by atoms with van der Waals surface area (Å²) in [6.07, 6.45) is 1.08. The first kappa shape index (κ1) is 21.4. The monoisotopic (exact) mass is 498 g/mol. The van der Waals surface area contributed by atoms with Crippen LogP contribution in [0.15, 0.2) is 87.8 Å². The lowest BCUT2D eigenvalue weighted by Gasteiger charge is -2.09. The lowest BCUT2D eigenvalue weighted by atomic mass is 9.98. The largest absolute Gasteiger partial charge is 0.436 e. The molecule has 33 heavy (non-hydrogen) atoms. The van der Waals surface area contributed by atoms with E-state index in [1.165, 1.54) is 5.56 Å². The third-order valence-electron chi connectivity index (χ3n) is 6.07. The van der Waals surface area contributed by atoms with E-state index < -0.39 is 0 Å². The summed E-state index contributed by atoms with van der Waals surface area (Å²) in [5.74, 6) is 0.853. The van der Waals surface area contributed by atoms with E-state index in [-0.39, 0.29) is 5.91 Å². The van der Waals surface area contributed by atoms with Crippen molar-refractivity contribution in [2.45, 2.75) is 26.2 Å². The quantitative estimate of drug-likeness (QED) is 0.265. The van der Waals surface area contributed by atoms with E-state index in [0.717, 1.165) is 38.3 Å². The van der Waals surface area contributed by atoms with Crippen LogP contribution >= 0.6 is 15.9 Å². The number of benzene rings is 4. The molecule has 5 aromatic rings. The molecule has 0 saturated heterocycles. The number of anilines is 1. The van der Waals surface area contributed by atoms with Crippen LogP contribution in [0.3, 0.4) is 0 Å². The summed E-state index contributed by atoms with van der Waals surface area (Å²) in [5.41, 5.74) is 4.99. The summed E-state index contributed by atoms with van der Waals surface area (Å²) in [6.45, 7) is 4.39. The molecule has 0 aliphatic rings. The van der Waals surface area contributed by atoms with Gasteiger partial charge < -0.3 is 9.73 Å². The number of amides is 1. The minimum atomic E-state index is -0.161. The zero-order valence-electron chi connectivity index (χ0n) is 18.4. The first-order valence-corrected chi connectivity index (χ1v) is 11.8. The predicted molar refractivity (Wildman–Crippen MR) is 138 cm³/mol. The fraction of sp³-hybridized carbons (Fsp3) is 0.143. The molecule has 5 rings (SSSR count). The van der Waals surface area contributed by atoms with E-state index in [1.54, 1.807) is 0 Å². The predicted octanol–water partition coefficient (Wildman–Crippen LogP) is 8.18. The molecule has 0 saturated carbocycles. The molecule has 0 fully saturated rings. The van der Waals surface area contributed by atoms with Crippen molar-refractivity contribution in [1.82, 2.24) is 4.98 Å². The van der Waals surface area contributed by atoms with Gasteiger partial charge in [-0.1, -0.05) is 66.2 Å². The lowest BCUT2D eigenvalue weighted by Crippen LogP contribution is -2.12. The summed E-state index contributed by atoms with van der Waals surface area (Å²) < 4.78 is 6.97. The third-order valence-corrected chi connectivity index (χ3v) is 6.77. The molecule has 164 valence electrons. The van der Waals surface area contributed by atoms with Crippen LogP contribution in [0.1, 0.15) is 42.1 Å². The minimum Gasteiger partial charge on any atom is -0.436 e. The van der Waals surface area contributed by atoms with Crippen molar-refractivity contribution in [3.8, 4) is 11.5 Å². The summed E-state index contributed by atoms with van der Waals surface area (Å²) in [6, 6.07) is 25.4. The molecule has 0 aliphatic heterocycles. The van der Waals surface area contributed by atoms with Crippen molar-refractivity contribution >= 4 is 49.4 Å². The fourth-order valence-corrected chi connectivity index (χ4v) is 4.51. The fourth-order valence-electron chi connectivity index (χ4n) is 4.01. The number of carbonyl (C=O) groups excluding carboxylic acids is 1. The van der Waals surface area contributed by atoms with Crippen molar-refractivity contribution < 1.29 is 9.21 Å². The number of fused-ring (bicyclic) bond motifs is 2. The smallest absolute Gasteiger partial charge is 0.256 e. The Morgan fingerprint density at radius 1 is 1.00 bits per heavy atom. The van der Waals surface area contributed by atoms with Crippen molar-refractivity contribution in [2.75, 3.05) is 5.32 Å². The van der Waals surface area contributed by atoms with Gasteiger partial charge in [-0.2, -0.15) is 0 Å². The molecular weight excluding hydrogens is 476 g/mol.